The van der Waals surface area contributed by atoms with Crippen LogP contribution < -0.4 is 5.32 Å². The highest BCUT2D eigenvalue weighted by atomic mass is 19.2. The summed E-state index contributed by atoms with van der Waals surface area (Å²) in [5.41, 5.74) is 2.43. The molecule has 212 valence electrons. The van der Waals surface area contributed by atoms with Gasteiger partial charge in [0.1, 0.15) is 30.0 Å². The van der Waals surface area contributed by atoms with Gasteiger partial charge < -0.3 is 30.1 Å². The fourth-order valence-corrected chi connectivity index (χ4v) is 6.01. The van der Waals surface area contributed by atoms with Crippen LogP contribution in [0.1, 0.15) is 40.4 Å². The summed E-state index contributed by atoms with van der Waals surface area (Å²) in [5.74, 6) is -6.69. The number of fused-ring (bicyclic) bond motifs is 1. The average molecular weight is 561 g/mol. The first-order valence-corrected chi connectivity index (χ1v) is 13.0. The summed E-state index contributed by atoms with van der Waals surface area (Å²) >= 11 is 0. The number of carbonyl (C=O) groups is 1. The molecule has 1 spiro atoms. The zero-order chi connectivity index (χ0) is 28.2. The van der Waals surface area contributed by atoms with Crippen molar-refractivity contribution < 1.29 is 42.8 Å². The number of ether oxygens (including phenoxy) is 2. The van der Waals surface area contributed by atoms with E-state index in [2.05, 4.69) is 15.6 Å². The molecule has 40 heavy (non-hydrogen) atoms. The van der Waals surface area contributed by atoms with Gasteiger partial charge in [-0.1, -0.05) is 17.3 Å². The maximum atomic E-state index is 13.8. The van der Waals surface area contributed by atoms with Crippen molar-refractivity contribution in [2.75, 3.05) is 13.2 Å². The van der Waals surface area contributed by atoms with E-state index in [4.69, 9.17) is 9.47 Å². The van der Waals surface area contributed by atoms with E-state index in [1.165, 1.54) is 6.20 Å². The Morgan fingerprint density at radius 1 is 1.18 bits per heavy atom. The van der Waals surface area contributed by atoms with Crippen molar-refractivity contribution in [1.82, 2.24) is 20.3 Å². The second-order valence-electron chi connectivity index (χ2n) is 10.3. The molecule has 0 saturated carbocycles. The van der Waals surface area contributed by atoms with E-state index in [0.717, 1.165) is 47.2 Å². The number of halogens is 3. The summed E-state index contributed by atoms with van der Waals surface area (Å²) in [5, 5.41) is 43.3. The van der Waals surface area contributed by atoms with Crippen molar-refractivity contribution in [2.45, 2.75) is 61.9 Å². The molecule has 0 bridgehead atoms. The molecule has 3 heterocycles. The summed E-state index contributed by atoms with van der Waals surface area (Å²) in [4.78, 5) is 13.4. The van der Waals surface area contributed by atoms with Gasteiger partial charge in [0.25, 0.3) is 5.91 Å². The highest BCUT2D eigenvalue weighted by Crippen LogP contribution is 2.43. The predicted molar refractivity (Wildman–Crippen MR) is 131 cm³/mol. The number of rotatable bonds is 5. The van der Waals surface area contributed by atoms with Crippen molar-refractivity contribution >= 4 is 5.91 Å². The minimum absolute atomic E-state index is 0.0617. The summed E-state index contributed by atoms with van der Waals surface area (Å²) in [7, 11) is 0. The lowest BCUT2D eigenvalue weighted by Crippen LogP contribution is -2.69. The smallest absolute Gasteiger partial charge is 0.251 e. The van der Waals surface area contributed by atoms with Gasteiger partial charge in [0, 0.05) is 11.1 Å². The Morgan fingerprint density at radius 2 is 1.95 bits per heavy atom. The predicted octanol–water partition coefficient (Wildman–Crippen LogP) is 1.42. The van der Waals surface area contributed by atoms with E-state index in [-0.39, 0.29) is 30.2 Å². The number of aryl methyl sites for hydroxylation is 1. The number of hydrogen-bond donors (Lipinski definition) is 4. The molecule has 3 aromatic rings. The van der Waals surface area contributed by atoms with Crippen molar-refractivity contribution in [2.24, 2.45) is 0 Å². The first-order chi connectivity index (χ1) is 19.2. The van der Waals surface area contributed by atoms with Crippen LogP contribution in [0, 0.1) is 17.5 Å². The number of aromatic nitrogens is 3. The van der Waals surface area contributed by atoms with Crippen LogP contribution in [0.15, 0.2) is 36.5 Å². The van der Waals surface area contributed by atoms with Crippen molar-refractivity contribution in [1.29, 1.82) is 0 Å². The van der Waals surface area contributed by atoms with Crippen LogP contribution in [-0.4, -0.2) is 79.6 Å². The van der Waals surface area contributed by atoms with Gasteiger partial charge in [-0.3, -0.25) is 4.79 Å². The van der Waals surface area contributed by atoms with Gasteiger partial charge >= 0.3 is 0 Å². The number of nitrogens with one attached hydrogen (secondary N) is 1. The largest absolute Gasteiger partial charge is 0.394 e. The molecule has 3 aliphatic rings. The van der Waals surface area contributed by atoms with Crippen molar-refractivity contribution in [3.8, 4) is 11.3 Å². The molecule has 6 atom stereocenters. The number of carbonyl (C=O) groups excluding carboxylic acids is 1. The van der Waals surface area contributed by atoms with E-state index in [9.17, 15) is 33.3 Å². The fourth-order valence-electron chi connectivity index (χ4n) is 6.01. The van der Waals surface area contributed by atoms with Crippen LogP contribution in [0.25, 0.3) is 11.3 Å². The topological polar surface area (TPSA) is 139 Å². The van der Waals surface area contributed by atoms with Crippen LogP contribution in [0.2, 0.25) is 0 Å². The second kappa shape index (κ2) is 10.2. The molecular formula is C27H27F3N4O6. The molecular weight excluding hydrogens is 533 g/mol. The molecule has 13 heteroatoms. The molecule has 0 unspecified atom stereocenters. The van der Waals surface area contributed by atoms with Gasteiger partial charge in [-0.2, -0.15) is 0 Å². The maximum Gasteiger partial charge on any atom is 0.251 e. The molecule has 1 aliphatic carbocycles. The Labute approximate surface area is 226 Å². The van der Waals surface area contributed by atoms with E-state index in [1.807, 2.05) is 12.1 Å². The van der Waals surface area contributed by atoms with E-state index < -0.39 is 60.2 Å². The van der Waals surface area contributed by atoms with Gasteiger partial charge in [0.05, 0.1) is 25.5 Å². The lowest BCUT2D eigenvalue weighted by molar-refractivity contribution is -0.344. The lowest BCUT2D eigenvalue weighted by Gasteiger charge is -2.49. The summed E-state index contributed by atoms with van der Waals surface area (Å²) in [6, 6.07) is 4.87. The minimum atomic E-state index is -1.86. The van der Waals surface area contributed by atoms with Crippen LogP contribution in [-0.2, 0) is 22.3 Å². The third kappa shape index (κ3) is 4.29. The van der Waals surface area contributed by atoms with E-state index >= 15 is 0 Å². The summed E-state index contributed by atoms with van der Waals surface area (Å²) < 4.78 is 54.0. The maximum absolute atomic E-state index is 13.8. The van der Waals surface area contributed by atoms with Gasteiger partial charge in [0.2, 0.25) is 5.79 Å². The molecule has 0 radical (unpaired) electrons. The van der Waals surface area contributed by atoms with E-state index in [0.29, 0.717) is 5.56 Å². The fraction of sp³-hybridized carbons (Fsp3) is 0.444. The zero-order valence-electron chi connectivity index (χ0n) is 21.1. The van der Waals surface area contributed by atoms with E-state index in [1.54, 1.807) is 6.07 Å². The minimum Gasteiger partial charge on any atom is -0.394 e. The normalized spacial score (nSPS) is 29.6. The molecule has 10 nitrogen and oxygen atoms in total. The Hall–Kier alpha value is -3.36. The highest BCUT2D eigenvalue weighted by molar-refractivity contribution is 5.96. The molecule has 2 aromatic carbocycles. The van der Waals surface area contributed by atoms with Crippen molar-refractivity contribution in [3.05, 3.63) is 70.7 Å². The SMILES string of the molecule is O=C(N[C@@H]1CCO[C@]12O[C@H](CO)[C@H](O)[C@H](n1cc(-c3cc(F)c(F)c(F)c3)nn1)[C@H]2O)c1cccc2c1CCC2. The second-order valence-corrected chi connectivity index (χ2v) is 10.3. The summed E-state index contributed by atoms with van der Waals surface area (Å²) in [6.45, 7) is -0.551. The van der Waals surface area contributed by atoms with Crippen molar-refractivity contribution in [3.63, 3.8) is 0 Å². The standard InChI is InChI=1S/C27H27F3N4O6/c28-17-9-14(10-18(29)22(17)30)19-11-34(33-32-19)23-24(36)20(12-35)40-27(25(23)37)21(7-8-39-27)31-26(38)16-6-2-4-13-3-1-5-15(13)16/h2,4,6,9-11,20-21,23-25,35-37H,1,3,5,7-8,12H2,(H,31,38)/t20-,21-,23+,24+,25-,27+/m1/s1. The first kappa shape index (κ1) is 26.8. The van der Waals surface area contributed by atoms with Gasteiger partial charge in [-0.15, -0.1) is 5.10 Å². The van der Waals surface area contributed by atoms with Crippen LogP contribution in [0.5, 0.6) is 0 Å². The molecule has 1 amide bonds. The highest BCUT2D eigenvalue weighted by Gasteiger charge is 2.62. The Bertz CT molecular complexity index is 1430. The molecule has 2 saturated heterocycles. The number of aliphatic hydroxyl groups excluding tert-OH is 3. The van der Waals surface area contributed by atoms with Crippen LogP contribution >= 0.6 is 0 Å². The van der Waals surface area contributed by atoms with Gasteiger partial charge in [0.15, 0.2) is 17.5 Å². The molecule has 2 fully saturated rings. The Morgan fingerprint density at radius 3 is 2.70 bits per heavy atom. The summed E-state index contributed by atoms with van der Waals surface area (Å²) in [6.07, 6.45) is -0.282. The molecule has 6 rings (SSSR count). The van der Waals surface area contributed by atoms with Crippen LogP contribution in [0.4, 0.5) is 13.2 Å². The van der Waals surface area contributed by atoms with Gasteiger partial charge in [-0.05, 0) is 55.0 Å². The lowest BCUT2D eigenvalue weighted by atomic mass is 9.86. The molecule has 4 N–H and O–H groups in total. The monoisotopic (exact) mass is 560 g/mol. The number of nitrogens with zero attached hydrogens (tertiary/aromatic N) is 3. The van der Waals surface area contributed by atoms with Crippen LogP contribution in [0.3, 0.4) is 0 Å². The van der Waals surface area contributed by atoms with Gasteiger partial charge in [-0.25, -0.2) is 17.9 Å². The zero-order valence-corrected chi connectivity index (χ0v) is 21.1. The average Bonchev–Trinajstić information content (AvgIpc) is 3.70. The third-order valence-corrected chi connectivity index (χ3v) is 7.99. The third-order valence-electron chi connectivity index (χ3n) is 7.99. The quantitative estimate of drug-likeness (QED) is 0.344. The molecule has 2 aliphatic heterocycles. The molecule has 1 aromatic heterocycles. The first-order valence-electron chi connectivity index (χ1n) is 13.0. The Balaban J connectivity index is 1.31. The number of amides is 1. The number of aliphatic hydroxyl groups is 3. The number of benzene rings is 2. The number of hydrogen-bond acceptors (Lipinski definition) is 8. The Kier molecular flexibility index (Phi) is 6.87.